The summed E-state index contributed by atoms with van der Waals surface area (Å²) in [6, 6.07) is 7.86. The van der Waals surface area contributed by atoms with Gasteiger partial charge in [-0.05, 0) is 29.3 Å². The molecule has 0 spiro atoms. The lowest BCUT2D eigenvalue weighted by Gasteiger charge is -1.95. The maximum atomic E-state index is 12.6. The molecule has 1 heterocycles. The molecule has 1 nitrogen and oxygen atoms in total. The highest BCUT2D eigenvalue weighted by molar-refractivity contribution is 7.12. The maximum Gasteiger partial charge on any atom is 0.171 e. The Kier molecular flexibility index (Phi) is 2.02. The van der Waals surface area contributed by atoms with Crippen molar-refractivity contribution in [2.24, 2.45) is 0 Å². The number of halogens is 1. The molecule has 0 bridgehead atoms. The molecule has 0 saturated heterocycles. The van der Waals surface area contributed by atoms with Crippen LogP contribution < -0.4 is 0 Å². The summed E-state index contributed by atoms with van der Waals surface area (Å²) in [5.74, 6) is -0.247. The summed E-state index contributed by atoms with van der Waals surface area (Å²) in [6.07, 6.45) is 0. The average Bonchev–Trinajstić information content (AvgIpc) is 2.53. The predicted molar refractivity (Wildman–Crippen MR) is 51.4 cm³/mol. The summed E-state index contributed by atoms with van der Waals surface area (Å²) in [7, 11) is 0. The Bertz CT molecular complexity index is 405. The lowest BCUT2D eigenvalue weighted by Crippen LogP contribution is -1.74. The van der Waals surface area contributed by atoms with Gasteiger partial charge in [0, 0.05) is 5.38 Å². The fraction of sp³-hybridized carbons (Fsp3) is 0. The van der Waals surface area contributed by atoms with Crippen molar-refractivity contribution in [3.63, 3.8) is 0 Å². The highest BCUT2D eigenvalue weighted by Gasteiger charge is 2.00. The van der Waals surface area contributed by atoms with E-state index in [4.69, 9.17) is 5.11 Å². The van der Waals surface area contributed by atoms with Crippen molar-refractivity contribution < 1.29 is 9.50 Å². The van der Waals surface area contributed by atoms with E-state index < -0.39 is 0 Å². The highest BCUT2D eigenvalue weighted by atomic mass is 32.1. The van der Waals surface area contributed by atoms with Crippen molar-refractivity contribution in [1.29, 1.82) is 0 Å². The Morgan fingerprint density at radius 1 is 1.08 bits per heavy atom. The van der Waals surface area contributed by atoms with E-state index in [0.29, 0.717) is 0 Å². The molecule has 3 heteroatoms. The Balaban J connectivity index is 2.41. The molecule has 0 aliphatic heterocycles. The predicted octanol–water partition coefficient (Wildman–Crippen LogP) is 3.26. The third-order valence-corrected chi connectivity index (χ3v) is 2.49. The van der Waals surface area contributed by atoms with E-state index in [9.17, 15) is 4.39 Å². The molecule has 1 N–H and O–H groups in total. The van der Waals surface area contributed by atoms with Gasteiger partial charge in [-0.25, -0.2) is 4.39 Å². The van der Waals surface area contributed by atoms with Crippen LogP contribution in [0.15, 0.2) is 35.7 Å². The van der Waals surface area contributed by atoms with Gasteiger partial charge in [0.2, 0.25) is 0 Å². The molecule has 2 rings (SSSR count). The largest absolute Gasteiger partial charge is 0.499 e. The van der Waals surface area contributed by atoms with Gasteiger partial charge in [0.05, 0.1) is 0 Å². The molecule has 0 unspecified atom stereocenters. The van der Waals surface area contributed by atoms with Crippen LogP contribution in [0.2, 0.25) is 0 Å². The Hall–Kier alpha value is -1.35. The van der Waals surface area contributed by atoms with Crippen LogP contribution in [0, 0.1) is 5.82 Å². The third-order valence-electron chi connectivity index (χ3n) is 1.76. The molecule has 0 amide bonds. The van der Waals surface area contributed by atoms with Gasteiger partial charge in [0.25, 0.3) is 0 Å². The van der Waals surface area contributed by atoms with E-state index in [1.54, 1.807) is 18.2 Å². The number of rotatable bonds is 1. The van der Waals surface area contributed by atoms with E-state index >= 15 is 0 Å². The molecular formula is C10H7FOS. The minimum absolute atomic E-state index is 0.247. The minimum atomic E-state index is -0.247. The monoisotopic (exact) mass is 194 g/mol. The van der Waals surface area contributed by atoms with Gasteiger partial charge in [-0.15, -0.1) is 11.3 Å². The lowest BCUT2D eigenvalue weighted by atomic mass is 10.1. The van der Waals surface area contributed by atoms with Gasteiger partial charge >= 0.3 is 0 Å². The van der Waals surface area contributed by atoms with Crippen LogP contribution in [0.25, 0.3) is 11.1 Å². The zero-order chi connectivity index (χ0) is 9.26. The summed E-state index contributed by atoms with van der Waals surface area (Å²) in [6.45, 7) is 0. The molecule has 1 aromatic heterocycles. The fourth-order valence-corrected chi connectivity index (χ4v) is 1.77. The number of thiophene rings is 1. The van der Waals surface area contributed by atoms with E-state index in [0.717, 1.165) is 11.1 Å². The molecule has 0 radical (unpaired) electrons. The van der Waals surface area contributed by atoms with Crippen LogP contribution in [0.3, 0.4) is 0 Å². The van der Waals surface area contributed by atoms with Crippen LogP contribution in [-0.4, -0.2) is 5.11 Å². The van der Waals surface area contributed by atoms with Gasteiger partial charge in [-0.1, -0.05) is 12.1 Å². The van der Waals surface area contributed by atoms with Gasteiger partial charge in [-0.2, -0.15) is 0 Å². The average molecular weight is 194 g/mol. The summed E-state index contributed by atoms with van der Waals surface area (Å²) >= 11 is 1.27. The first kappa shape index (κ1) is 8.26. The van der Waals surface area contributed by atoms with Crippen LogP contribution in [0.5, 0.6) is 5.06 Å². The molecule has 2 aromatic rings. The molecule has 0 fully saturated rings. The van der Waals surface area contributed by atoms with Crippen molar-refractivity contribution in [2.75, 3.05) is 0 Å². The molecule has 13 heavy (non-hydrogen) atoms. The number of aromatic hydroxyl groups is 1. The van der Waals surface area contributed by atoms with Gasteiger partial charge < -0.3 is 5.11 Å². The van der Waals surface area contributed by atoms with Crippen LogP contribution in [-0.2, 0) is 0 Å². The van der Waals surface area contributed by atoms with Gasteiger partial charge in [-0.3, -0.25) is 0 Å². The Morgan fingerprint density at radius 2 is 1.77 bits per heavy atom. The third kappa shape index (κ3) is 1.70. The molecule has 0 atom stereocenters. The van der Waals surface area contributed by atoms with E-state index in [-0.39, 0.29) is 10.9 Å². The zero-order valence-electron chi connectivity index (χ0n) is 6.70. The molecular weight excluding hydrogens is 187 g/mol. The Labute approximate surface area is 79.1 Å². The first-order chi connectivity index (χ1) is 6.25. The zero-order valence-corrected chi connectivity index (χ0v) is 7.51. The molecule has 0 aliphatic carbocycles. The smallest absolute Gasteiger partial charge is 0.171 e. The second-order valence-electron chi connectivity index (χ2n) is 2.68. The summed E-state index contributed by atoms with van der Waals surface area (Å²) < 4.78 is 12.6. The SMILES string of the molecule is Oc1cc(-c2ccc(F)cc2)cs1. The van der Waals surface area contributed by atoms with E-state index in [1.807, 2.05) is 5.38 Å². The van der Waals surface area contributed by atoms with Gasteiger partial charge in [0.1, 0.15) is 5.82 Å². The van der Waals surface area contributed by atoms with Crippen molar-refractivity contribution in [3.05, 3.63) is 41.5 Å². The normalized spacial score (nSPS) is 10.2. The standard InChI is InChI=1S/C10H7FOS/c11-9-3-1-7(2-4-9)8-5-10(12)13-6-8/h1-6,12H. The Morgan fingerprint density at radius 3 is 2.31 bits per heavy atom. The maximum absolute atomic E-state index is 12.6. The second kappa shape index (κ2) is 3.18. The lowest BCUT2D eigenvalue weighted by molar-refractivity contribution is 0.491. The summed E-state index contributed by atoms with van der Waals surface area (Å²) in [5, 5.41) is 11.2. The van der Waals surface area contributed by atoms with E-state index in [1.165, 1.54) is 23.5 Å². The molecule has 1 aromatic carbocycles. The fourth-order valence-electron chi connectivity index (χ4n) is 1.12. The quantitative estimate of drug-likeness (QED) is 0.738. The summed E-state index contributed by atoms with van der Waals surface area (Å²) in [5.41, 5.74) is 1.83. The van der Waals surface area contributed by atoms with Gasteiger partial charge in [0.15, 0.2) is 5.06 Å². The van der Waals surface area contributed by atoms with Crippen molar-refractivity contribution in [1.82, 2.24) is 0 Å². The van der Waals surface area contributed by atoms with Crippen molar-refractivity contribution in [2.45, 2.75) is 0 Å². The number of hydrogen-bond acceptors (Lipinski definition) is 2. The summed E-state index contributed by atoms with van der Waals surface area (Å²) in [4.78, 5) is 0. The second-order valence-corrected chi connectivity index (χ2v) is 3.57. The van der Waals surface area contributed by atoms with Crippen molar-refractivity contribution in [3.8, 4) is 16.2 Å². The molecule has 66 valence electrons. The first-order valence-electron chi connectivity index (χ1n) is 3.79. The van der Waals surface area contributed by atoms with Crippen LogP contribution in [0.1, 0.15) is 0 Å². The van der Waals surface area contributed by atoms with Crippen molar-refractivity contribution >= 4 is 11.3 Å². The number of hydrogen-bond donors (Lipinski definition) is 1. The van der Waals surface area contributed by atoms with Crippen LogP contribution >= 0.6 is 11.3 Å². The minimum Gasteiger partial charge on any atom is -0.499 e. The molecule has 0 aliphatic rings. The topological polar surface area (TPSA) is 20.2 Å². The molecule has 0 saturated carbocycles. The number of benzene rings is 1. The van der Waals surface area contributed by atoms with Crippen LogP contribution in [0.4, 0.5) is 4.39 Å². The first-order valence-corrected chi connectivity index (χ1v) is 4.67. The highest BCUT2D eigenvalue weighted by Crippen LogP contribution is 2.29. The van der Waals surface area contributed by atoms with E-state index in [2.05, 4.69) is 0 Å².